The molecule has 2 rings (SSSR count). The highest BCUT2D eigenvalue weighted by molar-refractivity contribution is 5.90. The Kier molecular flexibility index (Phi) is 5.68. The fraction of sp³-hybridized carbons (Fsp3) is 0.316. The van der Waals surface area contributed by atoms with Crippen molar-refractivity contribution in [3.05, 3.63) is 57.9 Å². The van der Waals surface area contributed by atoms with Crippen LogP contribution in [0.2, 0.25) is 0 Å². The fourth-order valence-electron chi connectivity index (χ4n) is 2.23. The number of nitro benzene ring substituents is 1. The third kappa shape index (κ3) is 5.16. The zero-order valence-electron chi connectivity index (χ0n) is 15.8. The van der Waals surface area contributed by atoms with Gasteiger partial charge in [0.25, 0.3) is 5.69 Å². The number of nitrogens with zero attached hydrogens (tertiary/aromatic N) is 2. The van der Waals surface area contributed by atoms with Gasteiger partial charge in [0, 0.05) is 19.2 Å². The van der Waals surface area contributed by atoms with Gasteiger partial charge >= 0.3 is 6.09 Å². The minimum absolute atomic E-state index is 0.0275. The van der Waals surface area contributed by atoms with Gasteiger partial charge in [-0.1, -0.05) is 6.07 Å². The van der Waals surface area contributed by atoms with Crippen LogP contribution in [0.5, 0.6) is 11.5 Å². The monoisotopic (exact) mass is 376 g/mol. The highest BCUT2D eigenvalue weighted by Crippen LogP contribution is 2.35. The number of aryl methyl sites for hydroxylation is 1. The van der Waals surface area contributed by atoms with Gasteiger partial charge in [-0.3, -0.25) is 15.0 Å². The summed E-state index contributed by atoms with van der Waals surface area (Å²) < 4.78 is 24.7. The van der Waals surface area contributed by atoms with Gasteiger partial charge in [-0.2, -0.15) is 0 Å². The summed E-state index contributed by atoms with van der Waals surface area (Å²) in [5.41, 5.74) is -0.368. The molecule has 2 aromatic rings. The molecule has 2 aromatic carbocycles. The zero-order chi connectivity index (χ0) is 20.4. The van der Waals surface area contributed by atoms with Crippen LogP contribution < -0.4 is 9.64 Å². The molecule has 7 nitrogen and oxygen atoms in total. The second-order valence-electron chi connectivity index (χ2n) is 6.98. The molecule has 0 aliphatic rings. The predicted molar refractivity (Wildman–Crippen MR) is 98.9 cm³/mol. The number of rotatable bonds is 4. The molecule has 0 aliphatic heterocycles. The molecule has 0 fully saturated rings. The van der Waals surface area contributed by atoms with Crippen LogP contribution in [0, 0.1) is 22.9 Å². The average Bonchev–Trinajstić information content (AvgIpc) is 2.55. The Morgan fingerprint density at radius 3 is 2.41 bits per heavy atom. The molecule has 144 valence electrons. The summed E-state index contributed by atoms with van der Waals surface area (Å²) in [6.07, 6.45) is -0.760. The summed E-state index contributed by atoms with van der Waals surface area (Å²) in [5, 5.41) is 11.3. The minimum atomic E-state index is -0.765. The number of carbonyl (C=O) groups is 1. The number of anilines is 1. The van der Waals surface area contributed by atoms with E-state index in [0.29, 0.717) is 0 Å². The molecule has 0 N–H and O–H groups in total. The molecule has 0 saturated heterocycles. The summed E-state index contributed by atoms with van der Waals surface area (Å²) in [5.74, 6) is -0.440. The molecule has 0 bridgehead atoms. The maximum Gasteiger partial charge on any atom is 0.414 e. The molecule has 0 atom stereocenters. The summed E-state index contributed by atoms with van der Waals surface area (Å²) in [4.78, 5) is 24.0. The smallest absolute Gasteiger partial charge is 0.414 e. The SMILES string of the molecule is Cc1ccc(Oc2ccc([N+](=O)[O-])c(N(C)C(=O)OC(C)(C)C)c2)c(F)c1. The summed E-state index contributed by atoms with van der Waals surface area (Å²) in [7, 11) is 1.35. The van der Waals surface area contributed by atoms with Crippen molar-refractivity contribution < 1.29 is 23.6 Å². The lowest BCUT2D eigenvalue weighted by atomic mass is 10.2. The first-order valence-electron chi connectivity index (χ1n) is 8.17. The normalized spacial score (nSPS) is 11.0. The first-order chi connectivity index (χ1) is 12.5. The number of benzene rings is 2. The molecule has 0 saturated carbocycles. The van der Waals surface area contributed by atoms with Crippen LogP contribution in [0.4, 0.5) is 20.6 Å². The van der Waals surface area contributed by atoms with Gasteiger partial charge in [0.2, 0.25) is 0 Å². The summed E-state index contributed by atoms with van der Waals surface area (Å²) >= 11 is 0. The van der Waals surface area contributed by atoms with Crippen molar-refractivity contribution in [3.8, 4) is 11.5 Å². The molecule has 0 spiro atoms. The lowest BCUT2D eigenvalue weighted by molar-refractivity contribution is -0.384. The van der Waals surface area contributed by atoms with Crippen molar-refractivity contribution in [2.24, 2.45) is 0 Å². The van der Waals surface area contributed by atoms with Crippen LogP contribution in [0.1, 0.15) is 26.3 Å². The molecule has 27 heavy (non-hydrogen) atoms. The second-order valence-corrected chi connectivity index (χ2v) is 6.98. The molecular weight excluding hydrogens is 355 g/mol. The highest BCUT2D eigenvalue weighted by Gasteiger charge is 2.26. The maximum atomic E-state index is 14.0. The van der Waals surface area contributed by atoms with E-state index in [1.807, 2.05) is 0 Å². The Hall–Kier alpha value is -3.16. The number of halogens is 1. The Morgan fingerprint density at radius 1 is 1.19 bits per heavy atom. The number of hydrogen-bond acceptors (Lipinski definition) is 5. The van der Waals surface area contributed by atoms with E-state index in [9.17, 15) is 19.3 Å². The third-order valence-electron chi connectivity index (χ3n) is 3.49. The van der Waals surface area contributed by atoms with Gasteiger partial charge in [0.05, 0.1) is 4.92 Å². The van der Waals surface area contributed by atoms with Crippen LogP contribution in [-0.4, -0.2) is 23.7 Å². The number of nitro groups is 1. The maximum absolute atomic E-state index is 14.0. The van der Waals surface area contributed by atoms with E-state index in [2.05, 4.69) is 0 Å². The van der Waals surface area contributed by atoms with Gasteiger partial charge in [-0.15, -0.1) is 0 Å². The molecule has 8 heteroatoms. The number of hydrogen-bond donors (Lipinski definition) is 0. The van der Waals surface area contributed by atoms with Gasteiger partial charge in [-0.25, -0.2) is 9.18 Å². The van der Waals surface area contributed by atoms with Gasteiger partial charge in [-0.05, 0) is 51.5 Å². The highest BCUT2D eigenvalue weighted by atomic mass is 19.1. The number of carbonyl (C=O) groups excluding carboxylic acids is 1. The van der Waals surface area contributed by atoms with E-state index in [4.69, 9.17) is 9.47 Å². The summed E-state index contributed by atoms with van der Waals surface area (Å²) in [6, 6.07) is 8.28. The van der Waals surface area contributed by atoms with E-state index < -0.39 is 22.4 Å². The first kappa shape index (κ1) is 20.2. The van der Waals surface area contributed by atoms with E-state index in [-0.39, 0.29) is 22.9 Å². The molecular formula is C19H21FN2O5. The minimum Gasteiger partial charge on any atom is -0.454 e. The molecule has 0 heterocycles. The standard InChI is InChI=1S/C19H21FN2O5/c1-12-6-9-17(14(20)10-12)26-13-7-8-15(22(24)25)16(11-13)21(5)18(23)27-19(2,3)4/h6-11H,1-5H3. The predicted octanol–water partition coefficient (Wildman–Crippen LogP) is 5.21. The molecule has 0 unspecified atom stereocenters. The Morgan fingerprint density at radius 2 is 1.85 bits per heavy atom. The molecule has 0 radical (unpaired) electrons. The van der Waals surface area contributed by atoms with Gasteiger partial charge in [0.1, 0.15) is 17.0 Å². The summed E-state index contributed by atoms with van der Waals surface area (Å²) in [6.45, 7) is 6.80. The second kappa shape index (κ2) is 7.61. The Bertz CT molecular complexity index is 877. The molecule has 1 amide bonds. The quantitative estimate of drug-likeness (QED) is 0.541. The first-order valence-corrected chi connectivity index (χ1v) is 8.17. The lowest BCUT2D eigenvalue weighted by Crippen LogP contribution is -2.34. The van der Waals surface area contributed by atoms with Crippen molar-refractivity contribution in [2.45, 2.75) is 33.3 Å². The van der Waals surface area contributed by atoms with Crippen molar-refractivity contribution in [1.82, 2.24) is 0 Å². The van der Waals surface area contributed by atoms with E-state index in [0.717, 1.165) is 10.5 Å². The van der Waals surface area contributed by atoms with Crippen molar-refractivity contribution in [1.29, 1.82) is 0 Å². The fourth-order valence-corrected chi connectivity index (χ4v) is 2.23. The number of ether oxygens (including phenoxy) is 2. The largest absolute Gasteiger partial charge is 0.454 e. The molecule has 0 aliphatic carbocycles. The Labute approximate surface area is 156 Å². The van der Waals surface area contributed by atoms with E-state index in [1.165, 1.54) is 37.4 Å². The van der Waals surface area contributed by atoms with E-state index >= 15 is 0 Å². The molecule has 0 aromatic heterocycles. The number of amides is 1. The third-order valence-corrected chi connectivity index (χ3v) is 3.49. The van der Waals surface area contributed by atoms with Crippen LogP contribution in [-0.2, 0) is 4.74 Å². The van der Waals surface area contributed by atoms with Crippen molar-refractivity contribution in [2.75, 3.05) is 11.9 Å². The lowest BCUT2D eigenvalue weighted by Gasteiger charge is -2.24. The average molecular weight is 376 g/mol. The van der Waals surface area contributed by atoms with Gasteiger partial charge < -0.3 is 9.47 Å². The van der Waals surface area contributed by atoms with E-state index in [1.54, 1.807) is 33.8 Å². The van der Waals surface area contributed by atoms with Crippen molar-refractivity contribution >= 4 is 17.5 Å². The van der Waals surface area contributed by atoms with Crippen molar-refractivity contribution in [3.63, 3.8) is 0 Å². The van der Waals surface area contributed by atoms with Crippen LogP contribution >= 0.6 is 0 Å². The van der Waals surface area contributed by atoms with Crippen LogP contribution in [0.25, 0.3) is 0 Å². The van der Waals surface area contributed by atoms with Gasteiger partial charge in [0.15, 0.2) is 11.6 Å². The van der Waals surface area contributed by atoms with Crippen LogP contribution in [0.3, 0.4) is 0 Å². The van der Waals surface area contributed by atoms with Crippen LogP contribution in [0.15, 0.2) is 36.4 Å². The topological polar surface area (TPSA) is 81.9 Å². The zero-order valence-corrected chi connectivity index (χ0v) is 15.8. The Balaban J connectivity index is 2.38.